The number of aromatic nitrogens is 4. The first-order valence-electron chi connectivity index (χ1n) is 7.58. The van der Waals surface area contributed by atoms with Crippen LogP contribution in [0.25, 0.3) is 0 Å². The van der Waals surface area contributed by atoms with Crippen LogP contribution < -0.4 is 5.32 Å². The minimum absolute atomic E-state index is 0.0802. The largest absolute Gasteiger partial charge is 0.346 e. The van der Waals surface area contributed by atoms with Crippen molar-refractivity contribution in [1.29, 1.82) is 0 Å². The SMILES string of the molecule is Cc1cn2c(n1)CC[C@H](NC(=O)c1cc(C3CC3)[nH]n1)C2. The number of fused-ring (bicyclic) bond motifs is 1. The van der Waals surface area contributed by atoms with Crippen molar-refractivity contribution in [3.8, 4) is 0 Å². The maximum absolute atomic E-state index is 12.3. The minimum atomic E-state index is -0.0802. The summed E-state index contributed by atoms with van der Waals surface area (Å²) < 4.78 is 2.14. The summed E-state index contributed by atoms with van der Waals surface area (Å²) in [6, 6.07) is 2.04. The maximum atomic E-state index is 12.3. The summed E-state index contributed by atoms with van der Waals surface area (Å²) in [5.41, 5.74) is 2.64. The molecule has 1 aliphatic carbocycles. The first-order valence-corrected chi connectivity index (χ1v) is 7.58. The number of amides is 1. The van der Waals surface area contributed by atoms with Gasteiger partial charge in [0.1, 0.15) is 11.5 Å². The van der Waals surface area contributed by atoms with Crippen molar-refractivity contribution in [3.05, 3.63) is 35.2 Å². The lowest BCUT2D eigenvalue weighted by molar-refractivity contribution is 0.0922. The number of hydrogen-bond acceptors (Lipinski definition) is 3. The van der Waals surface area contributed by atoms with E-state index in [9.17, 15) is 4.79 Å². The molecule has 3 heterocycles. The Labute approximate surface area is 123 Å². The van der Waals surface area contributed by atoms with Gasteiger partial charge in [-0.2, -0.15) is 5.10 Å². The van der Waals surface area contributed by atoms with Gasteiger partial charge in [0.25, 0.3) is 5.91 Å². The van der Waals surface area contributed by atoms with Crippen LogP contribution in [0.5, 0.6) is 0 Å². The van der Waals surface area contributed by atoms with Crippen molar-refractivity contribution in [2.45, 2.75) is 51.1 Å². The Morgan fingerprint density at radius 3 is 3.10 bits per heavy atom. The lowest BCUT2D eigenvalue weighted by Gasteiger charge is -2.24. The van der Waals surface area contributed by atoms with Crippen LogP contribution in [0.15, 0.2) is 12.3 Å². The van der Waals surface area contributed by atoms with E-state index in [-0.39, 0.29) is 11.9 Å². The zero-order valence-electron chi connectivity index (χ0n) is 12.1. The fourth-order valence-electron chi connectivity index (χ4n) is 3.02. The highest BCUT2D eigenvalue weighted by atomic mass is 16.2. The molecular formula is C15H19N5O. The number of carbonyl (C=O) groups is 1. The molecule has 1 saturated carbocycles. The number of rotatable bonds is 3. The van der Waals surface area contributed by atoms with Crippen molar-refractivity contribution in [2.24, 2.45) is 0 Å². The van der Waals surface area contributed by atoms with Gasteiger partial charge in [0.15, 0.2) is 0 Å². The van der Waals surface area contributed by atoms with Gasteiger partial charge in [-0.15, -0.1) is 0 Å². The molecular weight excluding hydrogens is 266 g/mol. The molecule has 1 atom stereocenters. The first-order chi connectivity index (χ1) is 10.2. The summed E-state index contributed by atoms with van der Waals surface area (Å²) in [4.78, 5) is 16.8. The van der Waals surface area contributed by atoms with Crippen molar-refractivity contribution in [1.82, 2.24) is 25.1 Å². The van der Waals surface area contributed by atoms with E-state index in [0.717, 1.165) is 36.6 Å². The molecule has 1 fully saturated rings. The topological polar surface area (TPSA) is 75.6 Å². The Balaban J connectivity index is 1.42. The first kappa shape index (κ1) is 12.6. The van der Waals surface area contributed by atoms with Crippen molar-refractivity contribution in [3.63, 3.8) is 0 Å². The number of aryl methyl sites for hydroxylation is 2. The van der Waals surface area contributed by atoms with Crippen LogP contribution in [0, 0.1) is 6.92 Å². The average Bonchev–Trinajstić information content (AvgIpc) is 3.06. The van der Waals surface area contributed by atoms with E-state index in [1.807, 2.05) is 19.2 Å². The van der Waals surface area contributed by atoms with Crippen LogP contribution in [0.4, 0.5) is 0 Å². The summed E-state index contributed by atoms with van der Waals surface area (Å²) in [6.07, 6.45) is 6.30. The summed E-state index contributed by atoms with van der Waals surface area (Å²) in [5, 5.41) is 10.2. The molecule has 0 unspecified atom stereocenters. The molecule has 21 heavy (non-hydrogen) atoms. The number of nitrogens with zero attached hydrogens (tertiary/aromatic N) is 3. The molecule has 0 bridgehead atoms. The van der Waals surface area contributed by atoms with E-state index in [4.69, 9.17) is 0 Å². The molecule has 110 valence electrons. The standard InChI is InChI=1S/C15H19N5O/c1-9-7-20-8-11(4-5-14(20)16-9)17-15(21)13-6-12(18-19-13)10-2-3-10/h6-7,10-11H,2-5,8H2,1H3,(H,17,21)(H,18,19)/t11-/m0/s1. The average molecular weight is 285 g/mol. The highest BCUT2D eigenvalue weighted by Crippen LogP contribution is 2.38. The molecule has 0 aromatic carbocycles. The predicted molar refractivity (Wildman–Crippen MR) is 77.1 cm³/mol. The number of carbonyl (C=O) groups excluding carboxylic acids is 1. The molecule has 2 N–H and O–H groups in total. The second-order valence-corrected chi connectivity index (χ2v) is 6.14. The van der Waals surface area contributed by atoms with E-state index in [1.54, 1.807) is 0 Å². The summed E-state index contributed by atoms with van der Waals surface area (Å²) in [7, 11) is 0. The Hall–Kier alpha value is -2.11. The van der Waals surface area contributed by atoms with Gasteiger partial charge < -0.3 is 9.88 Å². The van der Waals surface area contributed by atoms with Crippen LogP contribution >= 0.6 is 0 Å². The smallest absolute Gasteiger partial charge is 0.272 e. The van der Waals surface area contributed by atoms with Gasteiger partial charge in [-0.3, -0.25) is 9.89 Å². The monoisotopic (exact) mass is 285 g/mol. The number of imidazole rings is 1. The number of nitrogens with one attached hydrogen (secondary N) is 2. The lowest BCUT2D eigenvalue weighted by atomic mass is 10.1. The maximum Gasteiger partial charge on any atom is 0.272 e. The highest BCUT2D eigenvalue weighted by Gasteiger charge is 2.27. The van der Waals surface area contributed by atoms with Crippen molar-refractivity contribution < 1.29 is 4.79 Å². The van der Waals surface area contributed by atoms with E-state index in [2.05, 4.69) is 25.1 Å². The van der Waals surface area contributed by atoms with Crippen molar-refractivity contribution >= 4 is 5.91 Å². The van der Waals surface area contributed by atoms with Gasteiger partial charge >= 0.3 is 0 Å². The van der Waals surface area contributed by atoms with Gasteiger partial charge in [-0.25, -0.2) is 4.98 Å². The summed E-state index contributed by atoms with van der Waals surface area (Å²) in [5.74, 6) is 1.63. The normalized spacial score (nSPS) is 21.1. The van der Waals surface area contributed by atoms with Gasteiger partial charge in [-0.05, 0) is 32.3 Å². The Bertz CT molecular complexity index is 682. The van der Waals surface area contributed by atoms with Gasteiger partial charge in [-0.1, -0.05) is 0 Å². The van der Waals surface area contributed by atoms with Crippen LogP contribution in [0.1, 0.15) is 52.9 Å². The third-order valence-electron chi connectivity index (χ3n) is 4.30. The van der Waals surface area contributed by atoms with Crippen LogP contribution in [-0.2, 0) is 13.0 Å². The predicted octanol–water partition coefficient (Wildman–Crippen LogP) is 1.54. The molecule has 6 nitrogen and oxygen atoms in total. The molecule has 1 aliphatic heterocycles. The Kier molecular flexibility index (Phi) is 2.83. The molecule has 6 heteroatoms. The van der Waals surface area contributed by atoms with Gasteiger partial charge in [0.2, 0.25) is 0 Å². The van der Waals surface area contributed by atoms with Crippen molar-refractivity contribution in [2.75, 3.05) is 0 Å². The van der Waals surface area contributed by atoms with Crippen LogP contribution in [-0.4, -0.2) is 31.7 Å². The molecule has 2 aromatic rings. The minimum Gasteiger partial charge on any atom is -0.346 e. The van der Waals surface area contributed by atoms with E-state index >= 15 is 0 Å². The highest BCUT2D eigenvalue weighted by molar-refractivity contribution is 5.92. The molecule has 0 saturated heterocycles. The molecule has 0 spiro atoms. The fraction of sp³-hybridized carbons (Fsp3) is 0.533. The zero-order chi connectivity index (χ0) is 14.4. The number of aromatic amines is 1. The fourth-order valence-corrected chi connectivity index (χ4v) is 3.02. The lowest BCUT2D eigenvalue weighted by Crippen LogP contribution is -2.41. The zero-order valence-corrected chi connectivity index (χ0v) is 12.1. The Morgan fingerprint density at radius 2 is 2.29 bits per heavy atom. The van der Waals surface area contributed by atoms with E-state index < -0.39 is 0 Å². The van der Waals surface area contributed by atoms with E-state index in [0.29, 0.717) is 11.6 Å². The second-order valence-electron chi connectivity index (χ2n) is 6.14. The van der Waals surface area contributed by atoms with Crippen LogP contribution in [0.2, 0.25) is 0 Å². The molecule has 2 aromatic heterocycles. The third-order valence-corrected chi connectivity index (χ3v) is 4.30. The molecule has 4 rings (SSSR count). The third kappa shape index (κ3) is 2.46. The van der Waals surface area contributed by atoms with Gasteiger partial charge in [0.05, 0.1) is 5.69 Å². The second kappa shape index (κ2) is 4.72. The summed E-state index contributed by atoms with van der Waals surface area (Å²) >= 11 is 0. The van der Waals surface area contributed by atoms with Crippen LogP contribution in [0.3, 0.4) is 0 Å². The van der Waals surface area contributed by atoms with E-state index in [1.165, 1.54) is 12.8 Å². The number of hydrogen-bond donors (Lipinski definition) is 2. The number of H-pyrrole nitrogens is 1. The Morgan fingerprint density at radius 1 is 1.43 bits per heavy atom. The molecule has 0 radical (unpaired) electrons. The summed E-state index contributed by atoms with van der Waals surface area (Å²) in [6.45, 7) is 2.80. The molecule has 2 aliphatic rings. The quantitative estimate of drug-likeness (QED) is 0.898. The van der Waals surface area contributed by atoms with Gasteiger partial charge in [0, 0.05) is 36.8 Å². The molecule has 1 amide bonds.